The van der Waals surface area contributed by atoms with Gasteiger partial charge in [0.05, 0.1) is 10.6 Å². The maximum absolute atomic E-state index is 12.5. The van der Waals surface area contributed by atoms with E-state index in [4.69, 9.17) is 11.6 Å². The zero-order valence-corrected chi connectivity index (χ0v) is 16.2. The monoisotopic (exact) mass is 481 g/mol. The minimum Gasteiger partial charge on any atom is -0.322 e. The number of carbonyl (C=O) groups excluding carboxylic acids is 1. The molecule has 0 aliphatic carbocycles. The summed E-state index contributed by atoms with van der Waals surface area (Å²) in [5.41, 5.74) is 2.00. The second-order valence-corrected chi connectivity index (χ2v) is 7.73. The third kappa shape index (κ3) is 3.37. The van der Waals surface area contributed by atoms with Crippen LogP contribution >= 0.6 is 45.5 Å². The van der Waals surface area contributed by atoms with Crippen molar-refractivity contribution in [3.8, 4) is 10.6 Å². The molecule has 0 radical (unpaired) electrons. The number of rotatable bonds is 3. The number of benzene rings is 2. The second-order valence-electron chi connectivity index (χ2n) is 5.12. The van der Waals surface area contributed by atoms with E-state index in [1.807, 2.05) is 30.3 Å². The summed E-state index contributed by atoms with van der Waals surface area (Å²) >= 11 is 9.70. The van der Waals surface area contributed by atoms with Gasteiger partial charge in [-0.15, -0.1) is 10.2 Å². The van der Waals surface area contributed by atoms with Crippen LogP contribution in [0.4, 0.5) is 5.69 Å². The maximum atomic E-state index is 12.5. The molecule has 0 saturated heterocycles. The highest BCUT2D eigenvalue weighted by Crippen LogP contribution is 2.27. The molecule has 1 N–H and O–H groups in total. The highest BCUT2D eigenvalue weighted by molar-refractivity contribution is 14.1. The highest BCUT2D eigenvalue weighted by Gasteiger charge is 2.13. The normalized spacial score (nSPS) is 11.0. The molecular weight excluding hydrogens is 473 g/mol. The van der Waals surface area contributed by atoms with Gasteiger partial charge in [-0.2, -0.15) is 9.61 Å². The largest absolute Gasteiger partial charge is 0.322 e. The first kappa shape index (κ1) is 16.4. The van der Waals surface area contributed by atoms with Crippen molar-refractivity contribution in [3.05, 3.63) is 62.9 Å². The summed E-state index contributed by atoms with van der Waals surface area (Å²) < 4.78 is 2.57. The third-order valence-electron chi connectivity index (χ3n) is 3.43. The van der Waals surface area contributed by atoms with Crippen LogP contribution in [0.25, 0.3) is 15.5 Å². The van der Waals surface area contributed by atoms with E-state index in [1.165, 1.54) is 11.3 Å². The van der Waals surface area contributed by atoms with Crippen molar-refractivity contribution in [2.45, 2.75) is 0 Å². The van der Waals surface area contributed by atoms with E-state index >= 15 is 0 Å². The third-order valence-corrected chi connectivity index (χ3v) is 5.39. The Kier molecular flexibility index (Phi) is 4.40. The summed E-state index contributed by atoms with van der Waals surface area (Å²) in [6.45, 7) is 0. The lowest BCUT2D eigenvalue weighted by atomic mass is 10.2. The first-order valence-electron chi connectivity index (χ1n) is 7.14. The molecule has 1 amide bonds. The van der Waals surface area contributed by atoms with Crippen molar-refractivity contribution in [2.24, 2.45) is 0 Å². The molecule has 4 rings (SSSR count). The van der Waals surface area contributed by atoms with Crippen LogP contribution in [0, 0.1) is 3.57 Å². The van der Waals surface area contributed by atoms with E-state index in [0.717, 1.165) is 19.1 Å². The molecule has 0 spiro atoms. The topological polar surface area (TPSA) is 72.2 Å². The Morgan fingerprint density at radius 2 is 2.12 bits per heavy atom. The van der Waals surface area contributed by atoms with Crippen LogP contribution in [0.1, 0.15) is 10.4 Å². The smallest absolute Gasteiger partial charge is 0.257 e. The lowest BCUT2D eigenvalue weighted by Crippen LogP contribution is -2.12. The van der Waals surface area contributed by atoms with Crippen molar-refractivity contribution < 1.29 is 4.79 Å². The van der Waals surface area contributed by atoms with Gasteiger partial charge in [0.15, 0.2) is 0 Å². The van der Waals surface area contributed by atoms with Gasteiger partial charge in [-0.1, -0.05) is 35.1 Å². The Labute approximate surface area is 165 Å². The summed E-state index contributed by atoms with van der Waals surface area (Å²) in [4.78, 5) is 13.2. The molecule has 25 heavy (non-hydrogen) atoms. The standard InChI is InChI=1S/C16H9ClIN5OS/c17-13-5-4-10(18)7-12(13)14(24)20-11-3-1-2-9(6-11)15-22-23-8-19-21-16(23)25-15/h1-8H,(H,20,24). The van der Waals surface area contributed by atoms with Crippen LogP contribution in [0.3, 0.4) is 0 Å². The van der Waals surface area contributed by atoms with Crippen LogP contribution < -0.4 is 5.32 Å². The van der Waals surface area contributed by atoms with Gasteiger partial charge in [-0.25, -0.2) is 0 Å². The van der Waals surface area contributed by atoms with Gasteiger partial charge in [-0.3, -0.25) is 4.79 Å². The summed E-state index contributed by atoms with van der Waals surface area (Å²) in [6.07, 6.45) is 1.56. The van der Waals surface area contributed by atoms with E-state index in [2.05, 4.69) is 43.2 Å². The molecule has 4 aromatic rings. The van der Waals surface area contributed by atoms with Crippen LogP contribution in [-0.2, 0) is 0 Å². The minimum absolute atomic E-state index is 0.251. The zero-order chi connectivity index (χ0) is 17.4. The Balaban J connectivity index is 1.62. The number of halogens is 2. The Morgan fingerprint density at radius 3 is 2.96 bits per heavy atom. The lowest BCUT2D eigenvalue weighted by molar-refractivity contribution is 0.102. The molecule has 2 aromatic heterocycles. The number of anilines is 1. The first-order chi connectivity index (χ1) is 12.1. The second kappa shape index (κ2) is 6.70. The molecule has 0 saturated carbocycles. The fourth-order valence-corrected chi connectivity index (χ4v) is 3.79. The molecule has 0 unspecified atom stereocenters. The quantitative estimate of drug-likeness (QED) is 0.441. The van der Waals surface area contributed by atoms with Crippen molar-refractivity contribution in [2.75, 3.05) is 5.32 Å². The van der Waals surface area contributed by atoms with Gasteiger partial charge >= 0.3 is 0 Å². The highest BCUT2D eigenvalue weighted by atomic mass is 127. The van der Waals surface area contributed by atoms with E-state index in [9.17, 15) is 4.79 Å². The van der Waals surface area contributed by atoms with Crippen molar-refractivity contribution in [3.63, 3.8) is 0 Å². The summed E-state index contributed by atoms with van der Waals surface area (Å²) in [5.74, 6) is -0.251. The predicted molar refractivity (Wildman–Crippen MR) is 106 cm³/mol. The number of nitrogens with one attached hydrogen (secondary N) is 1. The fraction of sp³-hybridized carbons (Fsp3) is 0. The molecule has 2 aromatic carbocycles. The molecular formula is C16H9ClIN5OS. The van der Waals surface area contributed by atoms with E-state index in [1.54, 1.807) is 23.0 Å². The SMILES string of the molecule is O=C(Nc1cccc(-c2nn3cnnc3s2)c1)c1cc(I)ccc1Cl. The van der Waals surface area contributed by atoms with Gasteiger partial charge in [0, 0.05) is 14.8 Å². The first-order valence-corrected chi connectivity index (χ1v) is 9.41. The zero-order valence-electron chi connectivity index (χ0n) is 12.5. The van der Waals surface area contributed by atoms with Gasteiger partial charge in [-0.05, 0) is 52.9 Å². The van der Waals surface area contributed by atoms with Gasteiger partial charge in [0.1, 0.15) is 11.3 Å². The number of fused-ring (bicyclic) bond motifs is 1. The average molecular weight is 482 g/mol. The molecule has 0 fully saturated rings. The molecule has 124 valence electrons. The summed E-state index contributed by atoms with van der Waals surface area (Å²) in [6, 6.07) is 12.8. The van der Waals surface area contributed by atoms with Crippen molar-refractivity contribution in [1.29, 1.82) is 0 Å². The molecule has 0 atom stereocenters. The van der Waals surface area contributed by atoms with E-state index < -0.39 is 0 Å². The molecule has 0 aliphatic heterocycles. The average Bonchev–Trinajstić information content (AvgIpc) is 3.19. The minimum atomic E-state index is -0.251. The molecule has 6 nitrogen and oxygen atoms in total. The molecule has 0 aliphatic rings. The van der Waals surface area contributed by atoms with Gasteiger partial charge in [0.25, 0.3) is 5.91 Å². The lowest BCUT2D eigenvalue weighted by Gasteiger charge is -2.08. The predicted octanol–water partition coefficient (Wildman–Crippen LogP) is 4.36. The Morgan fingerprint density at radius 1 is 1.24 bits per heavy atom. The molecule has 0 bridgehead atoms. The van der Waals surface area contributed by atoms with Crippen LogP contribution in [0.15, 0.2) is 48.8 Å². The van der Waals surface area contributed by atoms with Crippen molar-refractivity contribution in [1.82, 2.24) is 19.8 Å². The van der Waals surface area contributed by atoms with Gasteiger partial charge in [0.2, 0.25) is 4.96 Å². The van der Waals surface area contributed by atoms with Crippen LogP contribution in [-0.4, -0.2) is 25.7 Å². The van der Waals surface area contributed by atoms with Gasteiger partial charge < -0.3 is 5.32 Å². The number of carbonyl (C=O) groups is 1. The number of hydrogen-bond donors (Lipinski definition) is 1. The Bertz CT molecular complexity index is 1060. The maximum Gasteiger partial charge on any atom is 0.257 e. The van der Waals surface area contributed by atoms with E-state index in [-0.39, 0.29) is 5.91 Å². The molecule has 9 heteroatoms. The fourth-order valence-electron chi connectivity index (χ4n) is 2.28. The van der Waals surface area contributed by atoms with Crippen LogP contribution in [0.5, 0.6) is 0 Å². The Hall–Kier alpha value is -2.04. The van der Waals surface area contributed by atoms with Crippen LogP contribution in [0.2, 0.25) is 5.02 Å². The number of amides is 1. The number of hydrogen-bond acceptors (Lipinski definition) is 5. The van der Waals surface area contributed by atoms with Crippen molar-refractivity contribution >= 4 is 62.1 Å². The number of aromatic nitrogens is 4. The summed E-state index contributed by atoms with van der Waals surface area (Å²) in [7, 11) is 0. The van der Waals surface area contributed by atoms with E-state index in [0.29, 0.717) is 16.3 Å². The number of nitrogens with zero attached hydrogens (tertiary/aromatic N) is 4. The summed E-state index contributed by atoms with van der Waals surface area (Å²) in [5, 5.41) is 16.3. The molecule has 2 heterocycles.